The first-order chi connectivity index (χ1) is 13.0. The van der Waals surface area contributed by atoms with E-state index in [0.717, 1.165) is 11.1 Å². The number of carboxylic acid groups (broad SMARTS) is 1. The van der Waals surface area contributed by atoms with Crippen molar-refractivity contribution in [3.63, 3.8) is 0 Å². The Bertz CT molecular complexity index is 789. The van der Waals surface area contributed by atoms with Gasteiger partial charge in [-0.3, -0.25) is 9.59 Å². The lowest BCUT2D eigenvalue weighted by molar-refractivity contribution is -0.137. The third-order valence-electron chi connectivity index (χ3n) is 4.28. The Balaban J connectivity index is 2.30. The first-order valence-electron chi connectivity index (χ1n) is 8.74. The van der Waals surface area contributed by atoms with Crippen molar-refractivity contribution in [2.75, 3.05) is 20.8 Å². The number of aliphatic carboxylic acids is 1. The van der Waals surface area contributed by atoms with E-state index in [1.165, 1.54) is 7.11 Å². The van der Waals surface area contributed by atoms with Gasteiger partial charge in [0.1, 0.15) is 0 Å². The summed E-state index contributed by atoms with van der Waals surface area (Å²) in [5, 5.41) is 8.91. The number of carbonyl (C=O) groups excluding carboxylic acids is 1. The third kappa shape index (κ3) is 5.48. The van der Waals surface area contributed by atoms with E-state index < -0.39 is 5.97 Å². The number of carboxylic acids is 1. The molecular weight excluding hydrogens is 346 g/mol. The minimum absolute atomic E-state index is 0.0173. The molecule has 1 N–H and O–H groups in total. The standard InChI is InChI=1S/C21H25NO5/c1-15-12-18(26-2)19(27-3)13-17(15)21(25)22(11-7-10-20(23)24)14-16-8-5-4-6-9-16/h4-6,8-9,12-13H,7,10-11,14H2,1-3H3,(H,23,24). The Labute approximate surface area is 159 Å². The number of rotatable bonds is 9. The van der Waals surface area contributed by atoms with E-state index >= 15 is 0 Å². The van der Waals surface area contributed by atoms with E-state index in [9.17, 15) is 9.59 Å². The number of methoxy groups -OCH3 is 2. The predicted octanol–water partition coefficient (Wildman–Crippen LogP) is 3.52. The lowest BCUT2D eigenvalue weighted by Crippen LogP contribution is -2.32. The smallest absolute Gasteiger partial charge is 0.303 e. The van der Waals surface area contributed by atoms with Gasteiger partial charge in [-0.05, 0) is 36.6 Å². The molecule has 6 nitrogen and oxygen atoms in total. The van der Waals surface area contributed by atoms with Gasteiger partial charge in [0.2, 0.25) is 0 Å². The molecule has 0 fully saturated rings. The maximum atomic E-state index is 13.2. The molecule has 0 heterocycles. The van der Waals surface area contributed by atoms with Crippen molar-refractivity contribution < 1.29 is 24.2 Å². The molecule has 6 heteroatoms. The normalized spacial score (nSPS) is 10.3. The monoisotopic (exact) mass is 371 g/mol. The summed E-state index contributed by atoms with van der Waals surface area (Å²) in [7, 11) is 3.07. The number of aryl methyl sites for hydroxylation is 1. The minimum Gasteiger partial charge on any atom is -0.493 e. The van der Waals surface area contributed by atoms with Crippen LogP contribution in [0.1, 0.15) is 34.3 Å². The van der Waals surface area contributed by atoms with Gasteiger partial charge < -0.3 is 19.5 Å². The van der Waals surface area contributed by atoms with E-state index in [4.69, 9.17) is 14.6 Å². The minimum atomic E-state index is -0.871. The fraction of sp³-hybridized carbons (Fsp3) is 0.333. The highest BCUT2D eigenvalue weighted by atomic mass is 16.5. The number of nitrogens with zero attached hydrogens (tertiary/aromatic N) is 1. The van der Waals surface area contributed by atoms with Crippen LogP contribution >= 0.6 is 0 Å². The van der Waals surface area contributed by atoms with Crippen molar-refractivity contribution in [1.29, 1.82) is 0 Å². The summed E-state index contributed by atoms with van der Waals surface area (Å²) in [6.45, 7) is 2.61. The van der Waals surface area contributed by atoms with Crippen LogP contribution in [-0.2, 0) is 11.3 Å². The van der Waals surface area contributed by atoms with Crippen molar-refractivity contribution in [2.24, 2.45) is 0 Å². The first-order valence-corrected chi connectivity index (χ1v) is 8.74. The molecule has 0 aliphatic heterocycles. The fourth-order valence-corrected chi connectivity index (χ4v) is 2.86. The molecule has 0 unspecified atom stereocenters. The summed E-state index contributed by atoms with van der Waals surface area (Å²) in [6.07, 6.45) is 0.406. The molecule has 27 heavy (non-hydrogen) atoms. The number of ether oxygens (including phenoxy) is 2. The Morgan fingerprint density at radius 1 is 1.04 bits per heavy atom. The van der Waals surface area contributed by atoms with Crippen LogP contribution in [0.4, 0.5) is 0 Å². The van der Waals surface area contributed by atoms with Crippen molar-refractivity contribution in [1.82, 2.24) is 4.90 Å². The fourth-order valence-electron chi connectivity index (χ4n) is 2.86. The van der Waals surface area contributed by atoms with Crippen molar-refractivity contribution >= 4 is 11.9 Å². The molecule has 0 saturated heterocycles. The number of amides is 1. The Morgan fingerprint density at radius 2 is 1.67 bits per heavy atom. The molecule has 1 amide bonds. The molecule has 0 bridgehead atoms. The molecule has 0 spiro atoms. The second-order valence-electron chi connectivity index (χ2n) is 6.23. The zero-order chi connectivity index (χ0) is 19.8. The predicted molar refractivity (Wildman–Crippen MR) is 102 cm³/mol. The van der Waals surface area contributed by atoms with Crippen LogP contribution in [-0.4, -0.2) is 42.6 Å². The van der Waals surface area contributed by atoms with Crippen LogP contribution in [0.5, 0.6) is 11.5 Å². The van der Waals surface area contributed by atoms with E-state index in [0.29, 0.717) is 36.6 Å². The first kappa shape index (κ1) is 20.3. The number of carbonyl (C=O) groups is 2. The summed E-state index contributed by atoms with van der Waals surface area (Å²) < 4.78 is 10.6. The van der Waals surface area contributed by atoms with Gasteiger partial charge in [0.25, 0.3) is 5.91 Å². The molecule has 2 rings (SSSR count). The molecule has 2 aromatic rings. The Hall–Kier alpha value is -3.02. The Morgan fingerprint density at radius 3 is 2.26 bits per heavy atom. The van der Waals surface area contributed by atoms with E-state index in [1.54, 1.807) is 24.1 Å². The molecule has 144 valence electrons. The zero-order valence-electron chi connectivity index (χ0n) is 15.9. The van der Waals surface area contributed by atoms with Crippen LogP contribution in [0, 0.1) is 6.92 Å². The molecule has 0 atom stereocenters. The summed E-state index contributed by atoms with van der Waals surface area (Å²) in [4.78, 5) is 25.7. The van der Waals surface area contributed by atoms with Gasteiger partial charge in [-0.2, -0.15) is 0 Å². The van der Waals surface area contributed by atoms with Gasteiger partial charge in [0.05, 0.1) is 14.2 Å². The zero-order valence-corrected chi connectivity index (χ0v) is 15.9. The van der Waals surface area contributed by atoms with Crippen LogP contribution in [0.3, 0.4) is 0 Å². The largest absolute Gasteiger partial charge is 0.493 e. The maximum absolute atomic E-state index is 13.2. The second-order valence-corrected chi connectivity index (χ2v) is 6.23. The quantitative estimate of drug-likeness (QED) is 0.730. The number of hydrogen-bond acceptors (Lipinski definition) is 4. The average molecular weight is 371 g/mol. The van der Waals surface area contributed by atoms with Gasteiger partial charge in [-0.1, -0.05) is 30.3 Å². The van der Waals surface area contributed by atoms with Gasteiger partial charge >= 0.3 is 5.97 Å². The molecule has 0 saturated carbocycles. The number of benzene rings is 2. The van der Waals surface area contributed by atoms with Crippen molar-refractivity contribution in [3.05, 3.63) is 59.2 Å². The van der Waals surface area contributed by atoms with E-state index in [2.05, 4.69) is 0 Å². The lowest BCUT2D eigenvalue weighted by Gasteiger charge is -2.24. The average Bonchev–Trinajstić information content (AvgIpc) is 2.67. The molecule has 0 aliphatic rings. The highest BCUT2D eigenvalue weighted by Gasteiger charge is 2.21. The summed E-state index contributed by atoms with van der Waals surface area (Å²) in [6, 6.07) is 13.1. The maximum Gasteiger partial charge on any atom is 0.303 e. The van der Waals surface area contributed by atoms with E-state index in [1.807, 2.05) is 37.3 Å². The topological polar surface area (TPSA) is 76.1 Å². The van der Waals surface area contributed by atoms with E-state index in [-0.39, 0.29) is 12.3 Å². The van der Waals surface area contributed by atoms with Crippen molar-refractivity contribution in [2.45, 2.75) is 26.3 Å². The van der Waals surface area contributed by atoms with Crippen LogP contribution in [0.15, 0.2) is 42.5 Å². The lowest BCUT2D eigenvalue weighted by atomic mass is 10.1. The third-order valence-corrected chi connectivity index (χ3v) is 4.28. The molecule has 0 aliphatic carbocycles. The van der Waals surface area contributed by atoms with Crippen molar-refractivity contribution in [3.8, 4) is 11.5 Å². The molecule has 0 aromatic heterocycles. The highest BCUT2D eigenvalue weighted by Crippen LogP contribution is 2.31. The molecule has 2 aromatic carbocycles. The highest BCUT2D eigenvalue weighted by molar-refractivity contribution is 5.96. The van der Waals surface area contributed by atoms with Gasteiger partial charge in [-0.25, -0.2) is 0 Å². The van der Waals surface area contributed by atoms with Crippen LogP contribution in [0.25, 0.3) is 0 Å². The van der Waals surface area contributed by atoms with Crippen LogP contribution in [0.2, 0.25) is 0 Å². The molecular formula is C21H25NO5. The number of hydrogen-bond donors (Lipinski definition) is 1. The Kier molecular flexibility index (Phi) is 7.23. The second kappa shape index (κ2) is 9.62. The van der Waals surface area contributed by atoms with Gasteiger partial charge in [0.15, 0.2) is 11.5 Å². The SMILES string of the molecule is COc1cc(C)c(C(=O)N(CCCC(=O)O)Cc2ccccc2)cc1OC. The van der Waals surface area contributed by atoms with Gasteiger partial charge in [0, 0.05) is 25.1 Å². The van der Waals surface area contributed by atoms with Gasteiger partial charge in [-0.15, -0.1) is 0 Å². The summed E-state index contributed by atoms with van der Waals surface area (Å²) in [5.41, 5.74) is 2.27. The summed E-state index contributed by atoms with van der Waals surface area (Å²) in [5.74, 6) is 0.00999. The summed E-state index contributed by atoms with van der Waals surface area (Å²) >= 11 is 0. The van der Waals surface area contributed by atoms with Crippen LogP contribution < -0.4 is 9.47 Å². The molecule has 0 radical (unpaired) electrons.